The Labute approximate surface area is 135 Å². The average Bonchev–Trinajstić information content (AvgIpc) is 2.51. The fourth-order valence-electron chi connectivity index (χ4n) is 3.00. The van der Waals surface area contributed by atoms with Crippen LogP contribution in [0.2, 0.25) is 0 Å². The van der Waals surface area contributed by atoms with E-state index in [4.69, 9.17) is 0 Å². The summed E-state index contributed by atoms with van der Waals surface area (Å²) < 4.78 is 0. The van der Waals surface area contributed by atoms with Crippen LogP contribution in [-0.2, 0) is 0 Å². The van der Waals surface area contributed by atoms with E-state index in [1.165, 1.54) is 103 Å². The summed E-state index contributed by atoms with van der Waals surface area (Å²) in [4.78, 5) is 0. The highest BCUT2D eigenvalue weighted by Gasteiger charge is 2.05. The lowest BCUT2D eigenvalue weighted by Crippen LogP contribution is -2.23. The van der Waals surface area contributed by atoms with Crippen LogP contribution in [0.5, 0.6) is 0 Å². The molecule has 21 heavy (non-hydrogen) atoms. The van der Waals surface area contributed by atoms with E-state index in [0.717, 1.165) is 5.92 Å². The van der Waals surface area contributed by atoms with Crippen LogP contribution in [0.25, 0.3) is 0 Å². The van der Waals surface area contributed by atoms with Gasteiger partial charge < -0.3 is 5.32 Å². The first kappa shape index (κ1) is 21.0. The van der Waals surface area contributed by atoms with Crippen LogP contribution in [0.4, 0.5) is 0 Å². The van der Waals surface area contributed by atoms with Gasteiger partial charge >= 0.3 is 0 Å². The van der Waals surface area contributed by atoms with E-state index < -0.39 is 0 Å². The molecule has 0 saturated heterocycles. The molecule has 0 fully saturated rings. The van der Waals surface area contributed by atoms with Crippen molar-refractivity contribution in [2.45, 2.75) is 111 Å². The first-order valence-corrected chi connectivity index (χ1v) is 10.1. The Balaban J connectivity index is 3.28. The predicted molar refractivity (Wildman–Crippen MR) is 98.0 cm³/mol. The summed E-state index contributed by atoms with van der Waals surface area (Å²) in [6.07, 6.45) is 19.8. The van der Waals surface area contributed by atoms with Gasteiger partial charge in [0.1, 0.15) is 0 Å². The zero-order valence-electron chi connectivity index (χ0n) is 15.4. The minimum atomic E-state index is 0.913. The zero-order valence-corrected chi connectivity index (χ0v) is 15.4. The summed E-state index contributed by atoms with van der Waals surface area (Å²) in [5.41, 5.74) is 0. The molecule has 0 aromatic rings. The van der Waals surface area contributed by atoms with E-state index in [1.54, 1.807) is 0 Å². The topological polar surface area (TPSA) is 12.0 Å². The van der Waals surface area contributed by atoms with Crippen molar-refractivity contribution in [1.29, 1.82) is 0 Å². The molecule has 0 aliphatic carbocycles. The molecule has 0 spiro atoms. The summed E-state index contributed by atoms with van der Waals surface area (Å²) in [6.45, 7) is 9.41. The Hall–Kier alpha value is -0.0400. The van der Waals surface area contributed by atoms with E-state index in [9.17, 15) is 0 Å². The van der Waals surface area contributed by atoms with Gasteiger partial charge in [0.05, 0.1) is 0 Å². The molecule has 0 bridgehead atoms. The third-order valence-electron chi connectivity index (χ3n) is 4.68. The Kier molecular flexibility index (Phi) is 18.0. The van der Waals surface area contributed by atoms with E-state index in [-0.39, 0.29) is 0 Å². The standard InChI is InChI=1S/C20H43N/c1-4-7-9-11-12-13-14-15-17-20(6-3)19-21-18-16-10-8-5-2/h20-21H,4-19H2,1-3H3. The molecular weight excluding hydrogens is 254 g/mol. The maximum atomic E-state index is 3.67. The molecule has 0 aliphatic rings. The van der Waals surface area contributed by atoms with E-state index in [2.05, 4.69) is 26.1 Å². The fourth-order valence-corrected chi connectivity index (χ4v) is 3.00. The molecule has 0 amide bonds. The van der Waals surface area contributed by atoms with Gasteiger partial charge in [0.15, 0.2) is 0 Å². The normalized spacial score (nSPS) is 12.7. The lowest BCUT2D eigenvalue weighted by molar-refractivity contribution is 0.407. The Morgan fingerprint density at radius 1 is 0.619 bits per heavy atom. The smallest absolute Gasteiger partial charge is 0.00206 e. The minimum absolute atomic E-state index is 0.913. The molecule has 1 N–H and O–H groups in total. The van der Waals surface area contributed by atoms with Gasteiger partial charge in [-0.15, -0.1) is 0 Å². The highest BCUT2D eigenvalue weighted by Crippen LogP contribution is 2.15. The molecule has 0 aromatic carbocycles. The van der Waals surface area contributed by atoms with Crippen LogP contribution in [0.15, 0.2) is 0 Å². The van der Waals surface area contributed by atoms with E-state index in [1.807, 2.05) is 0 Å². The maximum Gasteiger partial charge on any atom is -0.00206 e. The molecule has 128 valence electrons. The molecule has 0 heterocycles. The number of hydrogen-bond acceptors (Lipinski definition) is 1. The van der Waals surface area contributed by atoms with Gasteiger partial charge in [0, 0.05) is 0 Å². The first-order chi connectivity index (χ1) is 10.3. The van der Waals surface area contributed by atoms with Gasteiger partial charge in [0.2, 0.25) is 0 Å². The zero-order chi connectivity index (χ0) is 15.6. The van der Waals surface area contributed by atoms with E-state index in [0.29, 0.717) is 0 Å². The molecule has 0 radical (unpaired) electrons. The molecule has 1 heteroatoms. The van der Waals surface area contributed by atoms with Crippen LogP contribution >= 0.6 is 0 Å². The Bertz CT molecular complexity index is 179. The lowest BCUT2D eigenvalue weighted by atomic mass is 9.97. The van der Waals surface area contributed by atoms with Crippen LogP contribution in [0.1, 0.15) is 111 Å². The molecule has 1 atom stereocenters. The van der Waals surface area contributed by atoms with Gasteiger partial charge in [-0.25, -0.2) is 0 Å². The van der Waals surface area contributed by atoms with Crippen molar-refractivity contribution in [3.05, 3.63) is 0 Å². The molecule has 0 aromatic heterocycles. The lowest BCUT2D eigenvalue weighted by Gasteiger charge is -2.15. The fraction of sp³-hybridized carbons (Fsp3) is 1.00. The summed E-state index contributed by atoms with van der Waals surface area (Å²) in [5, 5.41) is 3.67. The van der Waals surface area contributed by atoms with Gasteiger partial charge in [-0.2, -0.15) is 0 Å². The molecule has 0 saturated carbocycles. The third-order valence-corrected chi connectivity index (χ3v) is 4.68. The van der Waals surface area contributed by atoms with Crippen molar-refractivity contribution in [3.63, 3.8) is 0 Å². The second kappa shape index (κ2) is 18.0. The van der Waals surface area contributed by atoms with E-state index >= 15 is 0 Å². The molecule has 0 aliphatic heterocycles. The molecule has 1 unspecified atom stereocenters. The van der Waals surface area contributed by atoms with Crippen LogP contribution in [0.3, 0.4) is 0 Å². The summed E-state index contributed by atoms with van der Waals surface area (Å²) in [6, 6.07) is 0. The van der Waals surface area contributed by atoms with Crippen LogP contribution in [-0.4, -0.2) is 13.1 Å². The second-order valence-electron chi connectivity index (χ2n) is 6.80. The van der Waals surface area contributed by atoms with Gasteiger partial charge in [-0.05, 0) is 31.8 Å². The first-order valence-electron chi connectivity index (χ1n) is 10.1. The van der Waals surface area contributed by atoms with Crippen molar-refractivity contribution in [2.24, 2.45) is 5.92 Å². The van der Waals surface area contributed by atoms with Crippen molar-refractivity contribution >= 4 is 0 Å². The minimum Gasteiger partial charge on any atom is -0.316 e. The van der Waals surface area contributed by atoms with Gasteiger partial charge in [0.25, 0.3) is 0 Å². The highest BCUT2D eigenvalue weighted by atomic mass is 14.8. The number of nitrogens with one attached hydrogen (secondary N) is 1. The van der Waals surface area contributed by atoms with Gasteiger partial charge in [-0.3, -0.25) is 0 Å². The molecular formula is C20H43N. The third kappa shape index (κ3) is 16.2. The largest absolute Gasteiger partial charge is 0.316 e. The van der Waals surface area contributed by atoms with Crippen molar-refractivity contribution in [3.8, 4) is 0 Å². The summed E-state index contributed by atoms with van der Waals surface area (Å²) in [5.74, 6) is 0.913. The summed E-state index contributed by atoms with van der Waals surface area (Å²) in [7, 11) is 0. The number of hydrogen-bond donors (Lipinski definition) is 1. The maximum absolute atomic E-state index is 3.67. The van der Waals surface area contributed by atoms with Crippen molar-refractivity contribution in [2.75, 3.05) is 13.1 Å². The second-order valence-corrected chi connectivity index (χ2v) is 6.80. The highest BCUT2D eigenvalue weighted by molar-refractivity contribution is 4.61. The molecule has 1 nitrogen and oxygen atoms in total. The van der Waals surface area contributed by atoms with Crippen LogP contribution in [0, 0.1) is 5.92 Å². The quantitative estimate of drug-likeness (QED) is 0.294. The van der Waals surface area contributed by atoms with Crippen LogP contribution < -0.4 is 5.32 Å². The van der Waals surface area contributed by atoms with Crippen molar-refractivity contribution < 1.29 is 0 Å². The number of rotatable bonds is 17. The monoisotopic (exact) mass is 297 g/mol. The molecule has 0 rings (SSSR count). The Morgan fingerprint density at radius 3 is 1.71 bits per heavy atom. The van der Waals surface area contributed by atoms with Gasteiger partial charge in [-0.1, -0.05) is 97.8 Å². The Morgan fingerprint density at radius 2 is 1.14 bits per heavy atom. The van der Waals surface area contributed by atoms with Crippen molar-refractivity contribution in [1.82, 2.24) is 5.32 Å². The number of unbranched alkanes of at least 4 members (excludes halogenated alkanes) is 10. The summed E-state index contributed by atoms with van der Waals surface area (Å²) >= 11 is 0. The SMILES string of the molecule is CCCCCCCCCCC(CC)CNCCCCCC. The average molecular weight is 298 g/mol. The predicted octanol–water partition coefficient (Wildman–Crippen LogP) is 6.71.